The molecule has 0 saturated carbocycles. The van der Waals surface area contributed by atoms with Crippen LogP contribution < -0.4 is 16.1 Å². The summed E-state index contributed by atoms with van der Waals surface area (Å²) < 4.78 is 29.0. The average Bonchev–Trinajstić information content (AvgIpc) is 2.64. The molecular formula is C19H20ClF2N5S. The maximum atomic E-state index is 14.5. The molecule has 9 heteroatoms. The minimum Gasteiger partial charge on any atom is -0.375 e. The number of hydrazone groups is 1. The Labute approximate surface area is 172 Å². The maximum absolute atomic E-state index is 14.5. The van der Waals surface area contributed by atoms with Crippen LogP contribution in [0.3, 0.4) is 0 Å². The summed E-state index contributed by atoms with van der Waals surface area (Å²) >= 11 is 10.5. The van der Waals surface area contributed by atoms with E-state index < -0.39 is 11.6 Å². The van der Waals surface area contributed by atoms with Crippen LogP contribution in [0.4, 0.5) is 14.5 Å². The van der Waals surface area contributed by atoms with Crippen molar-refractivity contribution in [3.8, 4) is 0 Å². The molecule has 1 heterocycles. The van der Waals surface area contributed by atoms with Crippen LogP contribution in [-0.4, -0.2) is 42.4 Å². The van der Waals surface area contributed by atoms with Gasteiger partial charge in [-0.2, -0.15) is 5.10 Å². The van der Waals surface area contributed by atoms with E-state index in [4.69, 9.17) is 17.3 Å². The zero-order valence-electron chi connectivity index (χ0n) is 15.0. The lowest BCUT2D eigenvalue weighted by Gasteiger charge is -2.36. The third kappa shape index (κ3) is 5.37. The summed E-state index contributed by atoms with van der Waals surface area (Å²) in [6, 6.07) is 10.2. The van der Waals surface area contributed by atoms with Gasteiger partial charge in [-0.05, 0) is 42.0 Å². The Kier molecular flexibility index (Phi) is 6.77. The Balaban J connectivity index is 1.62. The second kappa shape index (κ2) is 9.27. The molecule has 0 atom stereocenters. The number of nitrogens with two attached hydrogens (primary N) is 1. The van der Waals surface area contributed by atoms with Gasteiger partial charge in [0.25, 0.3) is 0 Å². The van der Waals surface area contributed by atoms with Gasteiger partial charge in [0.1, 0.15) is 17.3 Å². The van der Waals surface area contributed by atoms with Crippen molar-refractivity contribution in [1.29, 1.82) is 0 Å². The summed E-state index contributed by atoms with van der Waals surface area (Å²) in [6.07, 6.45) is 1.26. The SMILES string of the molecule is NC(=S)N/N=C/c1cc(F)c(N2CCN(Cc3ccc(Cl)cc3)CC2)c(F)c1. The Morgan fingerprint density at radius 3 is 2.32 bits per heavy atom. The van der Waals surface area contributed by atoms with E-state index >= 15 is 0 Å². The fraction of sp³-hybridized carbons (Fsp3) is 0.263. The first-order valence-electron chi connectivity index (χ1n) is 8.71. The van der Waals surface area contributed by atoms with Crippen molar-refractivity contribution in [2.75, 3.05) is 31.1 Å². The van der Waals surface area contributed by atoms with Crippen LogP contribution in [-0.2, 0) is 6.54 Å². The van der Waals surface area contributed by atoms with E-state index in [0.717, 1.165) is 12.1 Å². The molecule has 2 aromatic rings. The Morgan fingerprint density at radius 1 is 1.14 bits per heavy atom. The first-order valence-corrected chi connectivity index (χ1v) is 9.50. The van der Waals surface area contributed by atoms with Crippen molar-refractivity contribution in [3.63, 3.8) is 0 Å². The highest BCUT2D eigenvalue weighted by Crippen LogP contribution is 2.26. The molecule has 1 aliphatic rings. The van der Waals surface area contributed by atoms with Crippen molar-refractivity contribution in [2.24, 2.45) is 10.8 Å². The Hall–Kier alpha value is -2.29. The van der Waals surface area contributed by atoms with Gasteiger partial charge in [0.2, 0.25) is 0 Å². The van der Waals surface area contributed by atoms with E-state index in [-0.39, 0.29) is 16.4 Å². The van der Waals surface area contributed by atoms with E-state index in [2.05, 4.69) is 27.6 Å². The van der Waals surface area contributed by atoms with Gasteiger partial charge in [-0.25, -0.2) is 8.78 Å². The van der Waals surface area contributed by atoms with Crippen molar-refractivity contribution in [2.45, 2.75) is 6.54 Å². The summed E-state index contributed by atoms with van der Waals surface area (Å²) in [4.78, 5) is 3.98. The molecule has 28 heavy (non-hydrogen) atoms. The highest BCUT2D eigenvalue weighted by atomic mass is 35.5. The van der Waals surface area contributed by atoms with E-state index in [1.54, 1.807) is 4.90 Å². The van der Waals surface area contributed by atoms with Crippen molar-refractivity contribution in [3.05, 3.63) is 64.2 Å². The number of benzene rings is 2. The molecule has 0 aromatic heterocycles. The molecule has 0 spiro atoms. The topological polar surface area (TPSA) is 56.9 Å². The van der Waals surface area contributed by atoms with Crippen LogP contribution in [0, 0.1) is 11.6 Å². The second-order valence-corrected chi connectivity index (χ2v) is 7.33. The first-order chi connectivity index (χ1) is 13.4. The molecule has 148 valence electrons. The Bertz CT molecular complexity index is 844. The van der Waals surface area contributed by atoms with Gasteiger partial charge in [0.05, 0.1) is 6.21 Å². The minimum absolute atomic E-state index is 0.00871. The molecule has 0 bridgehead atoms. The van der Waals surface area contributed by atoms with Gasteiger partial charge in [-0.3, -0.25) is 10.3 Å². The lowest BCUT2D eigenvalue weighted by molar-refractivity contribution is 0.248. The maximum Gasteiger partial charge on any atom is 0.184 e. The molecule has 3 N–H and O–H groups in total. The highest BCUT2D eigenvalue weighted by molar-refractivity contribution is 7.80. The number of anilines is 1. The summed E-state index contributed by atoms with van der Waals surface area (Å²) in [5.41, 5.74) is 9.03. The monoisotopic (exact) mass is 423 g/mol. The smallest absolute Gasteiger partial charge is 0.184 e. The van der Waals surface area contributed by atoms with E-state index in [0.29, 0.717) is 31.2 Å². The average molecular weight is 424 g/mol. The summed E-state index contributed by atoms with van der Waals surface area (Å²) in [7, 11) is 0. The van der Waals surface area contributed by atoms with Gasteiger partial charge < -0.3 is 10.6 Å². The fourth-order valence-corrected chi connectivity index (χ4v) is 3.29. The number of nitrogens with one attached hydrogen (secondary N) is 1. The van der Waals surface area contributed by atoms with Crippen molar-refractivity contribution in [1.82, 2.24) is 10.3 Å². The lowest BCUT2D eigenvalue weighted by Crippen LogP contribution is -2.46. The third-order valence-corrected chi connectivity index (χ3v) is 4.78. The zero-order valence-corrected chi connectivity index (χ0v) is 16.6. The molecule has 1 saturated heterocycles. The molecule has 0 amide bonds. The van der Waals surface area contributed by atoms with E-state index in [1.165, 1.54) is 18.3 Å². The summed E-state index contributed by atoms with van der Waals surface area (Å²) in [5.74, 6) is -1.24. The highest BCUT2D eigenvalue weighted by Gasteiger charge is 2.23. The number of halogens is 3. The number of hydrogen-bond donors (Lipinski definition) is 2. The van der Waals surface area contributed by atoms with Crippen LogP contribution in [0.25, 0.3) is 0 Å². The fourth-order valence-electron chi connectivity index (χ4n) is 3.11. The number of piperazine rings is 1. The molecule has 0 radical (unpaired) electrons. The van der Waals surface area contributed by atoms with Gasteiger partial charge in [0, 0.05) is 43.3 Å². The predicted molar refractivity (Wildman–Crippen MR) is 113 cm³/mol. The van der Waals surface area contributed by atoms with Crippen LogP contribution in [0.1, 0.15) is 11.1 Å². The molecular weight excluding hydrogens is 404 g/mol. The molecule has 5 nitrogen and oxygen atoms in total. The lowest BCUT2D eigenvalue weighted by atomic mass is 10.1. The first kappa shape index (κ1) is 20.4. The van der Waals surface area contributed by atoms with Crippen LogP contribution in [0.15, 0.2) is 41.5 Å². The largest absolute Gasteiger partial charge is 0.375 e. The molecule has 0 aliphatic carbocycles. The van der Waals surface area contributed by atoms with E-state index in [9.17, 15) is 8.78 Å². The normalized spacial score (nSPS) is 15.2. The predicted octanol–water partition coefficient (Wildman–Crippen LogP) is 3.11. The van der Waals surface area contributed by atoms with Crippen molar-refractivity contribution < 1.29 is 8.78 Å². The Morgan fingerprint density at radius 2 is 1.75 bits per heavy atom. The summed E-state index contributed by atoms with van der Waals surface area (Å²) in [5, 5.41) is 4.40. The number of nitrogens with zero attached hydrogens (tertiary/aromatic N) is 3. The number of hydrogen-bond acceptors (Lipinski definition) is 4. The third-order valence-electron chi connectivity index (χ3n) is 4.44. The number of rotatable bonds is 5. The van der Waals surface area contributed by atoms with Crippen LogP contribution >= 0.6 is 23.8 Å². The molecule has 3 rings (SSSR count). The minimum atomic E-state index is -0.622. The quantitative estimate of drug-likeness (QED) is 0.439. The van der Waals surface area contributed by atoms with Gasteiger partial charge >= 0.3 is 0 Å². The summed E-state index contributed by atoms with van der Waals surface area (Å²) in [6.45, 7) is 3.28. The standard InChI is InChI=1S/C19H20ClF2N5S/c20-15-3-1-13(2-4-15)12-26-5-7-27(8-6-26)18-16(21)9-14(10-17(18)22)11-24-25-19(23)28/h1-4,9-11H,5-8,12H2,(H3,23,25,28)/b24-11+. The molecule has 1 aliphatic heterocycles. The van der Waals surface area contributed by atoms with Gasteiger partial charge in [-0.15, -0.1) is 0 Å². The van der Waals surface area contributed by atoms with Crippen LogP contribution in [0.2, 0.25) is 5.02 Å². The van der Waals surface area contributed by atoms with E-state index in [1.807, 2.05) is 24.3 Å². The molecule has 1 fully saturated rings. The zero-order chi connectivity index (χ0) is 20.1. The molecule has 2 aromatic carbocycles. The number of thiocarbonyl (C=S) groups is 1. The molecule has 0 unspecified atom stereocenters. The van der Waals surface area contributed by atoms with Crippen molar-refractivity contribution >= 4 is 40.8 Å². The van der Waals surface area contributed by atoms with Gasteiger partial charge in [0.15, 0.2) is 5.11 Å². The van der Waals surface area contributed by atoms with Gasteiger partial charge in [-0.1, -0.05) is 23.7 Å². The van der Waals surface area contributed by atoms with Crippen LogP contribution in [0.5, 0.6) is 0 Å². The second-order valence-electron chi connectivity index (χ2n) is 6.46.